The molecule has 3 nitrogen and oxygen atoms in total. The topological polar surface area (TPSA) is 24.5 Å². The maximum Gasteiger partial charge on any atom is 0.0796 e. The minimum atomic E-state index is 0.472. The zero-order valence-corrected chi connectivity index (χ0v) is 12.3. The van der Waals surface area contributed by atoms with Gasteiger partial charge in [-0.2, -0.15) is 0 Å². The van der Waals surface area contributed by atoms with Crippen LogP contribution in [0.25, 0.3) is 0 Å². The number of hydrogen-bond acceptors (Lipinski definition) is 3. The molecule has 0 bridgehead atoms. The second-order valence-electron chi connectivity index (χ2n) is 5.05. The molecule has 2 rings (SSSR count). The van der Waals surface area contributed by atoms with Crippen molar-refractivity contribution in [3.63, 3.8) is 0 Å². The molecule has 1 radical (unpaired) electrons. The highest BCUT2D eigenvalue weighted by molar-refractivity contribution is 5.55. The summed E-state index contributed by atoms with van der Waals surface area (Å²) in [7, 11) is 0. The van der Waals surface area contributed by atoms with Crippen molar-refractivity contribution < 1.29 is 4.74 Å². The first-order chi connectivity index (χ1) is 9.26. The van der Waals surface area contributed by atoms with Gasteiger partial charge in [0.25, 0.3) is 0 Å². The highest BCUT2D eigenvalue weighted by Crippen LogP contribution is 2.25. The predicted molar refractivity (Wildman–Crippen MR) is 79.4 cm³/mol. The van der Waals surface area contributed by atoms with Crippen molar-refractivity contribution in [1.82, 2.24) is 5.32 Å². The number of ether oxygens (including phenoxy) is 1. The summed E-state index contributed by atoms with van der Waals surface area (Å²) in [5.41, 5.74) is 3.72. The van der Waals surface area contributed by atoms with Gasteiger partial charge in [-0.3, -0.25) is 5.32 Å². The predicted octanol–water partition coefficient (Wildman–Crippen LogP) is 2.87. The number of rotatable bonds is 6. The molecule has 1 saturated heterocycles. The maximum atomic E-state index is 5.50. The van der Waals surface area contributed by atoms with Crippen molar-refractivity contribution in [2.24, 2.45) is 0 Å². The lowest BCUT2D eigenvalue weighted by Gasteiger charge is -2.31. The second kappa shape index (κ2) is 6.92. The molecule has 1 unspecified atom stereocenters. The lowest BCUT2D eigenvalue weighted by Crippen LogP contribution is -2.42. The summed E-state index contributed by atoms with van der Waals surface area (Å²) in [4.78, 5) is 2.45. The Balaban J connectivity index is 2.19. The van der Waals surface area contributed by atoms with Crippen LogP contribution < -0.4 is 10.2 Å². The van der Waals surface area contributed by atoms with Gasteiger partial charge in [0.1, 0.15) is 0 Å². The van der Waals surface area contributed by atoms with Crippen LogP contribution in [-0.2, 0) is 11.3 Å². The highest BCUT2D eigenvalue weighted by Gasteiger charge is 2.22. The van der Waals surface area contributed by atoms with Crippen LogP contribution in [0.3, 0.4) is 0 Å². The fourth-order valence-corrected chi connectivity index (χ4v) is 2.69. The lowest BCUT2D eigenvalue weighted by molar-refractivity contribution is 0.134. The van der Waals surface area contributed by atoms with E-state index in [-0.39, 0.29) is 0 Å². The van der Waals surface area contributed by atoms with Gasteiger partial charge < -0.3 is 9.64 Å². The molecule has 19 heavy (non-hydrogen) atoms. The maximum absolute atomic E-state index is 5.50. The van der Waals surface area contributed by atoms with Crippen molar-refractivity contribution in [3.05, 3.63) is 29.3 Å². The smallest absolute Gasteiger partial charge is 0.0796 e. The van der Waals surface area contributed by atoms with E-state index in [2.05, 4.69) is 36.2 Å². The summed E-state index contributed by atoms with van der Waals surface area (Å²) >= 11 is 0. The van der Waals surface area contributed by atoms with E-state index < -0.39 is 0 Å². The van der Waals surface area contributed by atoms with E-state index in [0.717, 1.165) is 19.7 Å². The average molecular weight is 261 g/mol. The summed E-state index contributed by atoms with van der Waals surface area (Å²) in [6.07, 6.45) is 2.96. The Morgan fingerprint density at radius 3 is 2.95 bits per heavy atom. The molecule has 1 aromatic rings. The molecular formula is C16H25N2O. The first kappa shape index (κ1) is 14.4. The quantitative estimate of drug-likeness (QED) is 0.852. The van der Waals surface area contributed by atoms with Gasteiger partial charge >= 0.3 is 0 Å². The van der Waals surface area contributed by atoms with E-state index in [1.807, 2.05) is 13.0 Å². The number of benzene rings is 1. The zero-order chi connectivity index (χ0) is 13.7. The standard InChI is InChI=1S/C16H25N2O/c1-4-18(16-7-6-10-17-16)15-11-14(12-19-5-2)9-8-13(15)3/h9,11,16-17H,4-7,10,12H2,1-3H3. The summed E-state index contributed by atoms with van der Waals surface area (Å²) in [5.74, 6) is 0. The van der Waals surface area contributed by atoms with Crippen LogP contribution >= 0.6 is 0 Å². The van der Waals surface area contributed by atoms with Gasteiger partial charge in [-0.15, -0.1) is 0 Å². The Morgan fingerprint density at radius 1 is 1.47 bits per heavy atom. The number of nitrogens with zero attached hydrogens (tertiary/aromatic N) is 1. The van der Waals surface area contributed by atoms with E-state index in [1.165, 1.54) is 29.7 Å². The lowest BCUT2D eigenvalue weighted by atomic mass is 10.1. The largest absolute Gasteiger partial charge is 0.377 e. The minimum Gasteiger partial charge on any atom is -0.377 e. The number of anilines is 1. The van der Waals surface area contributed by atoms with Gasteiger partial charge in [0.05, 0.1) is 12.8 Å². The molecule has 1 N–H and O–H groups in total. The molecule has 1 fully saturated rings. The Bertz CT molecular complexity index is 400. The summed E-state index contributed by atoms with van der Waals surface area (Å²) in [5, 5.41) is 3.58. The van der Waals surface area contributed by atoms with Gasteiger partial charge in [0.15, 0.2) is 0 Å². The molecule has 0 aliphatic carbocycles. The van der Waals surface area contributed by atoms with E-state index in [0.29, 0.717) is 12.8 Å². The molecule has 0 spiro atoms. The van der Waals surface area contributed by atoms with Crippen molar-refractivity contribution in [2.45, 2.75) is 46.4 Å². The fraction of sp³-hybridized carbons (Fsp3) is 0.625. The van der Waals surface area contributed by atoms with Crippen LogP contribution in [0, 0.1) is 13.0 Å². The SMILES string of the molecule is CCOCc1c[c]c(C)c(N(CC)C2CCCN2)c1. The summed E-state index contributed by atoms with van der Waals surface area (Å²) in [6.45, 7) is 9.96. The second-order valence-corrected chi connectivity index (χ2v) is 5.05. The molecule has 1 aromatic carbocycles. The Hall–Kier alpha value is -1.06. The summed E-state index contributed by atoms with van der Waals surface area (Å²) in [6, 6.07) is 7.67. The third-order valence-electron chi connectivity index (χ3n) is 3.71. The van der Waals surface area contributed by atoms with Gasteiger partial charge in [-0.1, -0.05) is 0 Å². The first-order valence-electron chi connectivity index (χ1n) is 7.35. The van der Waals surface area contributed by atoms with E-state index >= 15 is 0 Å². The fourth-order valence-electron chi connectivity index (χ4n) is 2.69. The van der Waals surface area contributed by atoms with Crippen molar-refractivity contribution in [2.75, 3.05) is 24.6 Å². The van der Waals surface area contributed by atoms with Crippen LogP contribution in [0.4, 0.5) is 5.69 Å². The van der Waals surface area contributed by atoms with Crippen molar-refractivity contribution >= 4 is 5.69 Å². The minimum absolute atomic E-state index is 0.472. The number of nitrogens with one attached hydrogen (secondary N) is 1. The Morgan fingerprint density at radius 2 is 2.32 bits per heavy atom. The Labute approximate surface area is 116 Å². The van der Waals surface area contributed by atoms with Crippen LogP contribution in [0.15, 0.2) is 12.1 Å². The molecular weight excluding hydrogens is 236 g/mol. The van der Waals surface area contributed by atoms with E-state index in [4.69, 9.17) is 4.74 Å². The summed E-state index contributed by atoms with van der Waals surface area (Å²) < 4.78 is 5.50. The van der Waals surface area contributed by atoms with Crippen LogP contribution in [0.5, 0.6) is 0 Å². The van der Waals surface area contributed by atoms with Gasteiger partial charge in [-0.25, -0.2) is 0 Å². The van der Waals surface area contributed by atoms with Gasteiger partial charge in [0, 0.05) is 18.8 Å². The number of hydrogen-bond donors (Lipinski definition) is 1. The third-order valence-corrected chi connectivity index (χ3v) is 3.71. The monoisotopic (exact) mass is 261 g/mol. The van der Waals surface area contributed by atoms with Gasteiger partial charge in [-0.05, 0) is 69.5 Å². The van der Waals surface area contributed by atoms with Crippen molar-refractivity contribution in [3.8, 4) is 0 Å². The van der Waals surface area contributed by atoms with E-state index in [9.17, 15) is 0 Å². The first-order valence-corrected chi connectivity index (χ1v) is 7.35. The van der Waals surface area contributed by atoms with Crippen LogP contribution in [-0.4, -0.2) is 25.9 Å². The molecule has 1 heterocycles. The average Bonchev–Trinajstić information content (AvgIpc) is 2.94. The molecule has 0 aromatic heterocycles. The normalized spacial score (nSPS) is 18.8. The molecule has 105 valence electrons. The van der Waals surface area contributed by atoms with Crippen molar-refractivity contribution in [1.29, 1.82) is 0 Å². The molecule has 0 amide bonds. The van der Waals surface area contributed by atoms with Crippen LogP contribution in [0.1, 0.15) is 37.8 Å². The molecule has 3 heteroatoms. The van der Waals surface area contributed by atoms with Gasteiger partial charge in [0.2, 0.25) is 0 Å². The highest BCUT2D eigenvalue weighted by atomic mass is 16.5. The van der Waals surface area contributed by atoms with E-state index in [1.54, 1.807) is 0 Å². The molecule has 0 saturated carbocycles. The zero-order valence-electron chi connectivity index (χ0n) is 12.3. The third kappa shape index (κ3) is 3.48. The molecule has 1 atom stereocenters. The number of aryl methyl sites for hydroxylation is 1. The Kier molecular flexibility index (Phi) is 5.23. The molecule has 1 aliphatic heterocycles. The molecule has 1 aliphatic rings. The van der Waals surface area contributed by atoms with Crippen LogP contribution in [0.2, 0.25) is 0 Å².